The lowest BCUT2D eigenvalue weighted by Gasteiger charge is -2.12. The maximum Gasteiger partial charge on any atom is 0.303 e. The number of H-pyrrole nitrogens is 2. The largest absolute Gasteiger partial charge is 0.481 e. The standard InChI is InChI=1S/C33H42N4O6S/c1-6-19-15(2)24(36-33(19)43)11-22-16(3)20(7-9-29(38)39)25(34-22)13-26-21(8-10-30(40)41)17(4)23(35-26)12-27-31(28-14-44-28)18(5)32(42)37-27/h12,18,24,28,31,34-35H,6-11,13-14H2,1-5H3,(H,36,43)(H,37,42)(H,38,39)(H,40,41)/b27-12-/t18-,24-,28-,31-/m1/s1. The van der Waals surface area contributed by atoms with Crippen molar-refractivity contribution in [3.8, 4) is 0 Å². The van der Waals surface area contributed by atoms with Gasteiger partial charge in [0.05, 0.1) is 6.04 Å². The fraction of sp³-hybridized carbons (Fsp3) is 0.515. The zero-order valence-electron chi connectivity index (χ0n) is 26.0. The number of hydrogen-bond acceptors (Lipinski definition) is 5. The number of aromatic nitrogens is 2. The molecule has 44 heavy (non-hydrogen) atoms. The number of carboxylic acid groups (broad SMARTS) is 2. The van der Waals surface area contributed by atoms with Crippen LogP contribution in [0.25, 0.3) is 6.08 Å². The van der Waals surface area contributed by atoms with Gasteiger partial charge in [-0.25, -0.2) is 0 Å². The van der Waals surface area contributed by atoms with E-state index >= 15 is 0 Å². The highest BCUT2D eigenvalue weighted by molar-refractivity contribution is 8.06. The summed E-state index contributed by atoms with van der Waals surface area (Å²) in [6, 6.07) is -0.131. The van der Waals surface area contributed by atoms with E-state index in [9.17, 15) is 29.4 Å². The Hall–Kier alpha value is -3.73. The molecule has 3 aliphatic rings. The SMILES string of the molecule is CCC1=C(C)[C@@H](Cc2[nH]c(Cc3[nH]c(/C=C4\NC(=O)[C@H](C)[C@H]4[C@H]4CS4)c(C)c3CCC(=O)O)c(CCC(=O)O)c2C)NC1=O. The summed E-state index contributed by atoms with van der Waals surface area (Å²) in [6.45, 7) is 9.89. The summed E-state index contributed by atoms with van der Waals surface area (Å²) in [5, 5.41) is 25.6. The predicted octanol–water partition coefficient (Wildman–Crippen LogP) is 4.19. The topological polar surface area (TPSA) is 164 Å². The average molecular weight is 623 g/mol. The molecular formula is C33H42N4O6S. The van der Waals surface area contributed by atoms with E-state index in [1.165, 1.54) is 0 Å². The molecule has 2 aromatic rings. The Morgan fingerprint density at radius 1 is 0.955 bits per heavy atom. The minimum Gasteiger partial charge on any atom is -0.481 e. The van der Waals surface area contributed by atoms with E-state index in [4.69, 9.17) is 0 Å². The van der Waals surface area contributed by atoms with Crippen molar-refractivity contribution < 1.29 is 29.4 Å². The fourth-order valence-corrected chi connectivity index (χ4v) is 7.79. The van der Waals surface area contributed by atoms with Gasteiger partial charge in [0.25, 0.3) is 0 Å². The van der Waals surface area contributed by atoms with Crippen LogP contribution in [0.5, 0.6) is 0 Å². The Balaban J connectivity index is 1.51. The minimum atomic E-state index is -0.882. The number of aromatic amines is 2. The van der Waals surface area contributed by atoms with Gasteiger partial charge in [0.1, 0.15) is 0 Å². The highest BCUT2D eigenvalue weighted by Crippen LogP contribution is 2.46. The van der Waals surface area contributed by atoms with Gasteiger partial charge in [0.2, 0.25) is 11.8 Å². The van der Waals surface area contributed by atoms with Crippen molar-refractivity contribution in [3.63, 3.8) is 0 Å². The molecule has 5 rings (SSSR count). The molecule has 6 N–H and O–H groups in total. The first-order valence-electron chi connectivity index (χ1n) is 15.4. The summed E-state index contributed by atoms with van der Waals surface area (Å²) in [5.74, 6) is -0.713. The summed E-state index contributed by atoms with van der Waals surface area (Å²) in [5.41, 5.74) is 10.1. The zero-order chi connectivity index (χ0) is 31.9. The first-order valence-corrected chi connectivity index (χ1v) is 16.4. The van der Waals surface area contributed by atoms with Gasteiger partial charge in [0, 0.05) is 82.6 Å². The van der Waals surface area contributed by atoms with Crippen molar-refractivity contribution in [1.82, 2.24) is 20.6 Å². The number of rotatable bonds is 13. The van der Waals surface area contributed by atoms with E-state index < -0.39 is 11.9 Å². The first-order chi connectivity index (χ1) is 20.9. The molecule has 3 aliphatic heterocycles. The van der Waals surface area contributed by atoms with Gasteiger partial charge in [-0.15, -0.1) is 0 Å². The number of carbonyl (C=O) groups is 4. The molecule has 236 valence electrons. The molecule has 0 saturated carbocycles. The summed E-state index contributed by atoms with van der Waals surface area (Å²) in [7, 11) is 0. The van der Waals surface area contributed by atoms with Crippen LogP contribution in [0.4, 0.5) is 0 Å². The van der Waals surface area contributed by atoms with Crippen LogP contribution in [0.2, 0.25) is 0 Å². The molecule has 2 aromatic heterocycles. The predicted molar refractivity (Wildman–Crippen MR) is 169 cm³/mol. The molecule has 5 heterocycles. The molecule has 11 heteroatoms. The Kier molecular flexibility index (Phi) is 9.15. The molecule has 0 aliphatic carbocycles. The highest BCUT2D eigenvalue weighted by Gasteiger charge is 2.45. The summed E-state index contributed by atoms with van der Waals surface area (Å²) < 4.78 is 0. The third kappa shape index (κ3) is 6.38. The van der Waals surface area contributed by atoms with E-state index in [1.54, 1.807) is 0 Å². The first kappa shape index (κ1) is 31.7. The van der Waals surface area contributed by atoms with Crippen molar-refractivity contribution in [3.05, 3.63) is 61.9 Å². The molecule has 0 radical (unpaired) electrons. The van der Waals surface area contributed by atoms with Crippen LogP contribution in [-0.4, -0.2) is 61.0 Å². The van der Waals surface area contributed by atoms with Crippen LogP contribution in [0.1, 0.15) is 85.1 Å². The van der Waals surface area contributed by atoms with Crippen LogP contribution in [0.3, 0.4) is 0 Å². The Bertz CT molecular complexity index is 1580. The molecule has 2 fully saturated rings. The lowest BCUT2D eigenvalue weighted by Crippen LogP contribution is -2.30. The molecule has 2 saturated heterocycles. The second-order valence-corrected chi connectivity index (χ2v) is 13.6. The Morgan fingerprint density at radius 2 is 1.57 bits per heavy atom. The number of amides is 2. The normalized spacial score (nSPS) is 23.9. The lowest BCUT2D eigenvalue weighted by molar-refractivity contribution is -0.138. The van der Waals surface area contributed by atoms with Gasteiger partial charge in [-0.1, -0.05) is 13.8 Å². The van der Waals surface area contributed by atoms with Gasteiger partial charge in [-0.2, -0.15) is 11.8 Å². The summed E-state index contributed by atoms with van der Waals surface area (Å²) in [4.78, 5) is 55.3. The third-order valence-corrected chi connectivity index (χ3v) is 10.6. The lowest BCUT2D eigenvalue weighted by atomic mass is 9.91. The molecule has 4 atom stereocenters. The van der Waals surface area contributed by atoms with E-state index in [1.807, 2.05) is 52.5 Å². The van der Waals surface area contributed by atoms with Crippen LogP contribution >= 0.6 is 11.8 Å². The van der Waals surface area contributed by atoms with Crippen molar-refractivity contribution in [1.29, 1.82) is 0 Å². The van der Waals surface area contributed by atoms with Gasteiger partial charge in [-0.3, -0.25) is 19.2 Å². The number of nitrogens with one attached hydrogen (secondary N) is 4. The van der Waals surface area contributed by atoms with Gasteiger partial charge in [0.15, 0.2) is 0 Å². The molecule has 0 aromatic carbocycles. The van der Waals surface area contributed by atoms with Gasteiger partial charge >= 0.3 is 11.9 Å². The minimum absolute atomic E-state index is 0.0182. The van der Waals surface area contributed by atoms with E-state index in [-0.39, 0.29) is 42.5 Å². The van der Waals surface area contributed by atoms with Crippen molar-refractivity contribution in [2.45, 2.75) is 90.9 Å². The van der Waals surface area contributed by atoms with E-state index in [0.717, 1.165) is 67.6 Å². The molecule has 2 amide bonds. The number of thioether (sulfide) groups is 1. The smallest absolute Gasteiger partial charge is 0.303 e. The highest BCUT2D eigenvalue weighted by atomic mass is 32.2. The van der Waals surface area contributed by atoms with Crippen LogP contribution < -0.4 is 10.6 Å². The maximum atomic E-state index is 12.6. The summed E-state index contributed by atoms with van der Waals surface area (Å²) in [6.07, 6.45) is 4.33. The van der Waals surface area contributed by atoms with Crippen LogP contribution in [0.15, 0.2) is 16.8 Å². The second-order valence-electron chi connectivity index (χ2n) is 12.3. The van der Waals surface area contributed by atoms with Crippen molar-refractivity contribution in [2.75, 3.05) is 5.75 Å². The van der Waals surface area contributed by atoms with Crippen LogP contribution in [0, 0.1) is 25.7 Å². The summed E-state index contributed by atoms with van der Waals surface area (Å²) >= 11 is 1.86. The number of hydrogen-bond donors (Lipinski definition) is 6. The maximum absolute atomic E-state index is 12.6. The molecule has 0 spiro atoms. The Morgan fingerprint density at radius 3 is 2.14 bits per heavy atom. The number of carbonyl (C=O) groups excluding carboxylic acids is 2. The quantitative estimate of drug-likeness (QED) is 0.182. The monoisotopic (exact) mass is 622 g/mol. The van der Waals surface area contributed by atoms with Crippen molar-refractivity contribution >= 4 is 41.6 Å². The third-order valence-electron chi connectivity index (χ3n) is 9.59. The van der Waals surface area contributed by atoms with E-state index in [2.05, 4.69) is 20.6 Å². The van der Waals surface area contributed by atoms with Crippen LogP contribution in [-0.2, 0) is 44.9 Å². The van der Waals surface area contributed by atoms with Gasteiger partial charge in [-0.05, 0) is 73.9 Å². The second kappa shape index (κ2) is 12.7. The molecule has 10 nitrogen and oxygen atoms in total. The van der Waals surface area contributed by atoms with E-state index in [0.29, 0.717) is 37.4 Å². The molecular weight excluding hydrogens is 580 g/mol. The average Bonchev–Trinajstić information content (AvgIpc) is 3.53. The molecule has 0 bridgehead atoms. The zero-order valence-corrected chi connectivity index (χ0v) is 26.8. The van der Waals surface area contributed by atoms with Crippen molar-refractivity contribution in [2.24, 2.45) is 11.8 Å². The fourth-order valence-electron chi connectivity index (χ4n) is 6.88. The Labute approximate surface area is 261 Å². The number of carboxylic acids is 2. The van der Waals surface area contributed by atoms with Gasteiger partial charge < -0.3 is 30.8 Å². The molecule has 0 unspecified atom stereocenters. The number of allylic oxidation sites excluding steroid dienone is 1. The number of aliphatic carboxylic acids is 2.